The number of oxime groups is 1. The molecule has 4 aliphatic rings. The second kappa shape index (κ2) is 20.8. The summed E-state index contributed by atoms with van der Waals surface area (Å²) in [6.07, 6.45) is 6.49. The molecule has 0 bridgehead atoms. The summed E-state index contributed by atoms with van der Waals surface area (Å²) in [6.45, 7) is 0.361. The summed E-state index contributed by atoms with van der Waals surface area (Å²) >= 11 is 2.69. The van der Waals surface area contributed by atoms with Gasteiger partial charge in [0.1, 0.15) is 35.5 Å². The van der Waals surface area contributed by atoms with Crippen molar-refractivity contribution in [3.63, 3.8) is 0 Å². The van der Waals surface area contributed by atoms with Gasteiger partial charge >= 0.3 is 5.97 Å². The molecule has 0 spiro atoms. The molecule has 3 aliphatic heterocycles. The Hall–Kier alpha value is -8.53. The number of phenolic OH excluding ortho intramolecular Hbond substituents is 1. The van der Waals surface area contributed by atoms with E-state index >= 15 is 0 Å². The van der Waals surface area contributed by atoms with Crippen molar-refractivity contribution >= 4 is 51.7 Å². The molecule has 1 fully saturated rings. The number of β-lactam (4-membered cyclic amide) rings is 1. The number of amides is 2. The fraction of sp³-hybridized carbons (Fsp3) is 0.123. The second-order valence-corrected chi connectivity index (χ2v) is 18.9. The number of benzene rings is 6. The number of pyridine rings is 1. The largest absolute Gasteiger partial charge is 0.504 e. The van der Waals surface area contributed by atoms with Gasteiger partial charge in [-0.25, -0.2) is 9.78 Å². The number of nitrogens with one attached hydrogen (secondary N) is 2. The molecule has 2 unspecified atom stereocenters. The quantitative estimate of drug-likeness (QED) is 0.0280. The number of fused-ring (bicyclic) bond motifs is 2. The number of aromatic hydroxyl groups is 1. The highest BCUT2D eigenvalue weighted by molar-refractivity contribution is 8.00. The minimum atomic E-state index is -1.03. The molecule has 358 valence electrons. The van der Waals surface area contributed by atoms with Crippen LogP contribution in [0.1, 0.15) is 39.6 Å². The third-order valence-electron chi connectivity index (χ3n) is 12.5. The predicted molar refractivity (Wildman–Crippen MR) is 279 cm³/mol. The minimum Gasteiger partial charge on any atom is -0.504 e. The molecule has 6 aromatic rings. The molecule has 1 saturated heterocycles. The van der Waals surface area contributed by atoms with Gasteiger partial charge in [0.15, 0.2) is 22.7 Å². The Labute approximate surface area is 423 Å². The van der Waals surface area contributed by atoms with E-state index in [4.69, 9.17) is 14.6 Å². The summed E-state index contributed by atoms with van der Waals surface area (Å²) in [5.41, 5.74) is 5.14. The Kier molecular flexibility index (Phi) is 13.6. The van der Waals surface area contributed by atoms with Gasteiger partial charge in [-0.1, -0.05) is 169 Å². The molecule has 13 nitrogen and oxygen atoms in total. The molecule has 2 amide bonds. The molecule has 0 radical (unpaired) electrons. The number of carbonyl (C=O) groups excluding carboxylic acids is 3. The number of allylic oxidation sites excluding steroid dienone is 2. The van der Waals surface area contributed by atoms with Crippen LogP contribution in [0.15, 0.2) is 221 Å². The summed E-state index contributed by atoms with van der Waals surface area (Å²) in [4.78, 5) is 67.0. The fourth-order valence-corrected chi connectivity index (χ4v) is 11.1. The standard InChI is InChI=1S/C57H46N6O7S2/c1-69-61-48(45-36-72-56(58-45)60-57(42-23-11-4-12-24-42,43-25-13-5-14-26-43)44-27-15-6-16-28-44)52(66)59-49-53(67)63-50(55(68)70-51(37-18-7-2-8-19-37)38-20-9-3-10-21-38)40(35-71-54(49)63)22-17-30-62-31-29-39-32-46(64)47(65)33-41(39)34-62/h2-29,31-34,36,49,51,54,65H,30,35H2,1H3,(H,58,60)(H,59,66)/b22-17+,61-48-. The van der Waals surface area contributed by atoms with E-state index in [1.54, 1.807) is 17.5 Å². The van der Waals surface area contributed by atoms with Crippen molar-refractivity contribution in [3.05, 3.63) is 255 Å². The number of nitrogens with zero attached hydrogens (tertiary/aromatic N) is 4. The monoisotopic (exact) mass is 990 g/mol. The first-order valence-electron chi connectivity index (χ1n) is 23.0. The fourth-order valence-electron chi connectivity index (χ4n) is 9.08. The summed E-state index contributed by atoms with van der Waals surface area (Å²) in [5.74, 6) is -1.94. The van der Waals surface area contributed by atoms with E-state index in [0.29, 0.717) is 34.1 Å². The molecule has 10 rings (SSSR count). The van der Waals surface area contributed by atoms with Crippen LogP contribution in [0.2, 0.25) is 0 Å². The molecule has 3 N–H and O–H groups in total. The van der Waals surface area contributed by atoms with Gasteiger partial charge in [-0.15, -0.1) is 23.1 Å². The maximum atomic E-state index is 14.7. The molecular weight excluding hydrogens is 945 g/mol. The third-order valence-corrected chi connectivity index (χ3v) is 14.6. The number of rotatable bonds is 16. The van der Waals surface area contributed by atoms with E-state index in [0.717, 1.165) is 27.8 Å². The van der Waals surface area contributed by atoms with Gasteiger partial charge in [-0.05, 0) is 57.2 Å². The lowest BCUT2D eigenvalue weighted by atomic mass is 9.77. The average Bonchev–Trinajstić information content (AvgIpc) is 3.89. The molecule has 5 aromatic carbocycles. The van der Waals surface area contributed by atoms with Crippen LogP contribution in [-0.4, -0.2) is 67.3 Å². The van der Waals surface area contributed by atoms with E-state index < -0.39 is 46.3 Å². The third kappa shape index (κ3) is 9.42. The number of aromatic nitrogens is 2. The van der Waals surface area contributed by atoms with Crippen LogP contribution in [-0.2, 0) is 36.0 Å². The number of phenols is 1. The number of anilines is 1. The second-order valence-electron chi connectivity index (χ2n) is 17.0. The number of thioether (sulfide) groups is 1. The summed E-state index contributed by atoms with van der Waals surface area (Å²) in [7, 11) is 1.33. The van der Waals surface area contributed by atoms with Crippen LogP contribution in [0, 0.1) is 0 Å². The van der Waals surface area contributed by atoms with Gasteiger partial charge in [-0.3, -0.25) is 19.3 Å². The minimum absolute atomic E-state index is 0.0681. The molecular formula is C57H46N6O7S2. The van der Waals surface area contributed by atoms with Gasteiger partial charge in [0.2, 0.25) is 5.43 Å². The van der Waals surface area contributed by atoms with Crippen LogP contribution >= 0.6 is 23.1 Å². The molecule has 72 heavy (non-hydrogen) atoms. The zero-order valence-electron chi connectivity index (χ0n) is 38.7. The van der Waals surface area contributed by atoms with E-state index in [2.05, 4.69) is 52.2 Å². The highest BCUT2D eigenvalue weighted by atomic mass is 32.2. The Morgan fingerprint density at radius 3 is 1.99 bits per heavy atom. The first kappa shape index (κ1) is 47.2. The summed E-state index contributed by atoms with van der Waals surface area (Å²) < 4.78 is 8.24. The van der Waals surface area contributed by atoms with Crippen LogP contribution in [0.25, 0.3) is 11.1 Å². The number of thiazole rings is 1. The van der Waals surface area contributed by atoms with Gasteiger partial charge in [0, 0.05) is 35.6 Å². The zero-order chi connectivity index (χ0) is 49.6. The van der Waals surface area contributed by atoms with E-state index in [1.807, 2.05) is 138 Å². The van der Waals surface area contributed by atoms with Gasteiger partial charge < -0.3 is 29.9 Å². The van der Waals surface area contributed by atoms with Crippen molar-refractivity contribution in [2.24, 2.45) is 5.16 Å². The molecule has 2 atom stereocenters. The number of hydrogen-bond acceptors (Lipinski definition) is 12. The maximum Gasteiger partial charge on any atom is 0.356 e. The smallest absolute Gasteiger partial charge is 0.356 e. The van der Waals surface area contributed by atoms with E-state index in [-0.39, 0.29) is 22.9 Å². The lowest BCUT2D eigenvalue weighted by Crippen LogP contribution is -2.71. The molecule has 1 aromatic heterocycles. The Balaban J connectivity index is 0.928. The van der Waals surface area contributed by atoms with Crippen LogP contribution in [0.4, 0.5) is 5.13 Å². The topological polar surface area (TPSA) is 164 Å². The van der Waals surface area contributed by atoms with E-state index in [9.17, 15) is 24.3 Å². The lowest BCUT2D eigenvalue weighted by molar-refractivity contribution is -0.154. The number of ether oxygens (including phenoxy) is 1. The van der Waals surface area contributed by atoms with Crippen molar-refractivity contribution < 1.29 is 29.1 Å². The summed E-state index contributed by atoms with van der Waals surface area (Å²) in [5, 5.41) is 22.3. The molecule has 4 heterocycles. The van der Waals surface area contributed by atoms with Gasteiger partial charge in [-0.2, -0.15) is 0 Å². The van der Waals surface area contributed by atoms with Crippen LogP contribution in [0.5, 0.6) is 5.75 Å². The summed E-state index contributed by atoms with van der Waals surface area (Å²) in [6, 6.07) is 52.6. The molecule has 15 heteroatoms. The Morgan fingerprint density at radius 2 is 1.40 bits per heavy atom. The number of esters is 1. The van der Waals surface area contributed by atoms with Crippen molar-refractivity contribution in [2.45, 2.75) is 29.6 Å². The van der Waals surface area contributed by atoms with Crippen LogP contribution < -0.4 is 16.1 Å². The van der Waals surface area contributed by atoms with E-state index in [1.165, 1.54) is 47.2 Å². The predicted octanol–water partition coefficient (Wildman–Crippen LogP) is 9.11. The normalized spacial score (nSPS) is 15.8. The van der Waals surface area contributed by atoms with Crippen molar-refractivity contribution in [2.75, 3.05) is 18.2 Å². The van der Waals surface area contributed by atoms with Gasteiger partial charge in [0.05, 0.1) is 0 Å². The average molecular weight is 991 g/mol. The Morgan fingerprint density at radius 1 is 0.819 bits per heavy atom. The molecule has 1 aliphatic carbocycles. The highest BCUT2D eigenvalue weighted by Crippen LogP contribution is 2.43. The maximum absolute atomic E-state index is 14.7. The number of carbonyl (C=O) groups is 3. The van der Waals surface area contributed by atoms with Crippen molar-refractivity contribution in [3.8, 4) is 16.9 Å². The lowest BCUT2D eigenvalue weighted by Gasteiger charge is -2.49. The van der Waals surface area contributed by atoms with Crippen LogP contribution in [0.3, 0.4) is 0 Å². The molecule has 0 saturated carbocycles. The first-order chi connectivity index (χ1) is 35.2. The van der Waals surface area contributed by atoms with Crippen molar-refractivity contribution in [1.82, 2.24) is 19.8 Å². The number of hydrogen-bond donors (Lipinski definition) is 3. The van der Waals surface area contributed by atoms with Gasteiger partial charge in [0.25, 0.3) is 11.8 Å². The zero-order valence-corrected chi connectivity index (χ0v) is 40.3. The highest BCUT2D eigenvalue weighted by Gasteiger charge is 2.55. The van der Waals surface area contributed by atoms with Crippen molar-refractivity contribution in [1.29, 1.82) is 0 Å². The SMILES string of the molecule is CO/N=C(\C(=O)NC1C(=O)N2C(C(=O)OC(c3ccccc3)c3ccccc3)=C(/C=C/Cn3ccc4cc(=O)c(O)cc-4c3)CSC12)c1csc(NC(c2ccccc2)(c2ccccc2)c2ccccc2)n1. The first-order valence-corrected chi connectivity index (χ1v) is 25.0. The Bertz CT molecular complexity index is 3230.